The molecule has 8 heteroatoms. The Bertz CT molecular complexity index is 1140. The van der Waals surface area contributed by atoms with Gasteiger partial charge < -0.3 is 20.6 Å². The molecule has 0 spiro atoms. The van der Waals surface area contributed by atoms with E-state index in [1.165, 1.54) is 0 Å². The van der Waals surface area contributed by atoms with Crippen molar-refractivity contribution in [2.24, 2.45) is 0 Å². The number of nitrogens with two attached hydrogens (primary N) is 1. The summed E-state index contributed by atoms with van der Waals surface area (Å²) in [6.45, 7) is 6.31. The average molecular weight is 416 g/mol. The number of phenolic OH excluding ortho intramolecular Hbond substituents is 1. The Morgan fingerprint density at radius 1 is 1.13 bits per heavy atom. The summed E-state index contributed by atoms with van der Waals surface area (Å²) in [7, 11) is 0. The van der Waals surface area contributed by atoms with Crippen LogP contribution in [-0.4, -0.2) is 50.9 Å². The van der Waals surface area contributed by atoms with Gasteiger partial charge in [0.1, 0.15) is 11.6 Å². The molecule has 2 aromatic heterocycles. The number of nitrogens with zero attached hydrogens (tertiary/aromatic N) is 6. The van der Waals surface area contributed by atoms with Crippen molar-refractivity contribution in [3.63, 3.8) is 0 Å². The maximum Gasteiger partial charge on any atom is 0.206 e. The van der Waals surface area contributed by atoms with Crippen LogP contribution in [0.3, 0.4) is 0 Å². The lowest BCUT2D eigenvalue weighted by atomic mass is 10.1. The zero-order valence-electron chi connectivity index (χ0n) is 17.7. The number of hydrogen-bond donors (Lipinski definition) is 2. The molecule has 0 radical (unpaired) electrons. The monoisotopic (exact) mass is 415 g/mol. The van der Waals surface area contributed by atoms with Crippen molar-refractivity contribution < 1.29 is 5.11 Å². The lowest BCUT2D eigenvalue weighted by Gasteiger charge is -2.28. The highest BCUT2D eigenvalue weighted by Gasteiger charge is 2.24. The lowest BCUT2D eigenvalue weighted by molar-refractivity contribution is 0.477. The molecule has 0 aliphatic carbocycles. The van der Waals surface area contributed by atoms with Crippen LogP contribution in [0.1, 0.15) is 26.1 Å². The number of para-hydroxylation sites is 1. The molecule has 1 atom stereocenters. The van der Waals surface area contributed by atoms with Gasteiger partial charge in [0.2, 0.25) is 5.82 Å². The Labute approximate surface area is 181 Å². The SMILES string of the molecule is CC#Cc1nccc(N2CCN(c3cc(-c4ccccc4O)nnc3N)CCC2C)n1. The molecule has 1 saturated heterocycles. The van der Waals surface area contributed by atoms with E-state index in [9.17, 15) is 5.11 Å². The Hall–Kier alpha value is -3.86. The molecular formula is C23H25N7O. The standard InChI is InChI=1S/C23H25N7O/c1-3-6-21-25-11-9-22(26-21)30-14-13-29(12-10-16(30)2)19-15-18(27-28-23(19)24)17-7-4-5-8-20(17)31/h4-5,7-9,11,15-16,31H,10,12-14H2,1-2H3,(H2,24,28). The first-order valence-corrected chi connectivity index (χ1v) is 10.3. The van der Waals surface area contributed by atoms with Crippen LogP contribution < -0.4 is 15.5 Å². The van der Waals surface area contributed by atoms with Gasteiger partial charge in [0.15, 0.2) is 5.82 Å². The highest BCUT2D eigenvalue weighted by atomic mass is 16.3. The molecule has 1 unspecified atom stereocenters. The number of anilines is 3. The second-order valence-corrected chi connectivity index (χ2v) is 7.45. The highest BCUT2D eigenvalue weighted by Crippen LogP contribution is 2.32. The summed E-state index contributed by atoms with van der Waals surface area (Å²) >= 11 is 0. The average Bonchev–Trinajstić information content (AvgIpc) is 2.97. The number of phenols is 1. The van der Waals surface area contributed by atoms with E-state index in [0.717, 1.165) is 37.6 Å². The van der Waals surface area contributed by atoms with Crippen LogP contribution in [0.25, 0.3) is 11.3 Å². The quantitative estimate of drug-likeness (QED) is 0.629. The van der Waals surface area contributed by atoms with Gasteiger partial charge in [0.25, 0.3) is 0 Å². The van der Waals surface area contributed by atoms with Gasteiger partial charge in [-0.2, -0.15) is 0 Å². The number of aromatic hydroxyl groups is 1. The summed E-state index contributed by atoms with van der Waals surface area (Å²) in [5.74, 6) is 7.72. The Balaban J connectivity index is 1.60. The van der Waals surface area contributed by atoms with E-state index >= 15 is 0 Å². The van der Waals surface area contributed by atoms with E-state index in [0.29, 0.717) is 22.9 Å². The summed E-state index contributed by atoms with van der Waals surface area (Å²) in [6.07, 6.45) is 2.67. The van der Waals surface area contributed by atoms with Gasteiger partial charge >= 0.3 is 0 Å². The third kappa shape index (κ3) is 4.36. The van der Waals surface area contributed by atoms with Crippen LogP contribution in [0.15, 0.2) is 42.6 Å². The van der Waals surface area contributed by atoms with E-state index in [4.69, 9.17) is 5.73 Å². The fourth-order valence-corrected chi connectivity index (χ4v) is 3.79. The normalized spacial score (nSPS) is 16.4. The Morgan fingerprint density at radius 2 is 1.97 bits per heavy atom. The van der Waals surface area contributed by atoms with E-state index < -0.39 is 0 Å². The first kappa shape index (κ1) is 20.4. The summed E-state index contributed by atoms with van der Waals surface area (Å²) in [5, 5.41) is 18.5. The Kier molecular flexibility index (Phi) is 5.85. The fourth-order valence-electron chi connectivity index (χ4n) is 3.79. The van der Waals surface area contributed by atoms with Gasteiger partial charge in [-0.1, -0.05) is 18.1 Å². The van der Waals surface area contributed by atoms with Crippen molar-refractivity contribution in [3.8, 4) is 28.8 Å². The second kappa shape index (κ2) is 8.88. The molecule has 1 aliphatic heterocycles. The summed E-state index contributed by atoms with van der Waals surface area (Å²) in [4.78, 5) is 13.3. The number of rotatable bonds is 3. The molecule has 0 amide bonds. The predicted octanol–water partition coefficient (Wildman–Crippen LogP) is 2.70. The topological polar surface area (TPSA) is 104 Å². The maximum absolute atomic E-state index is 10.2. The number of hydrogen-bond acceptors (Lipinski definition) is 8. The Morgan fingerprint density at radius 3 is 2.77 bits per heavy atom. The third-order valence-corrected chi connectivity index (χ3v) is 5.45. The first-order chi connectivity index (χ1) is 15.1. The van der Waals surface area contributed by atoms with Crippen LogP contribution in [0.4, 0.5) is 17.3 Å². The van der Waals surface area contributed by atoms with Crippen molar-refractivity contribution >= 4 is 17.3 Å². The number of nitrogen functional groups attached to an aromatic ring is 1. The minimum absolute atomic E-state index is 0.165. The van der Waals surface area contributed by atoms with Crippen molar-refractivity contribution in [3.05, 3.63) is 48.4 Å². The molecule has 1 aliphatic rings. The number of benzene rings is 1. The van der Waals surface area contributed by atoms with Crippen LogP contribution >= 0.6 is 0 Å². The minimum Gasteiger partial charge on any atom is -0.507 e. The van der Waals surface area contributed by atoms with Gasteiger partial charge in [-0.25, -0.2) is 9.97 Å². The van der Waals surface area contributed by atoms with Crippen molar-refractivity contribution in [1.29, 1.82) is 0 Å². The molecule has 8 nitrogen and oxygen atoms in total. The zero-order chi connectivity index (χ0) is 21.8. The molecule has 3 aromatic rings. The van der Waals surface area contributed by atoms with Gasteiger partial charge in [-0.3, -0.25) is 0 Å². The van der Waals surface area contributed by atoms with Gasteiger partial charge in [0, 0.05) is 37.4 Å². The molecule has 3 N–H and O–H groups in total. The smallest absolute Gasteiger partial charge is 0.206 e. The molecule has 0 bridgehead atoms. The molecule has 3 heterocycles. The molecular weight excluding hydrogens is 390 g/mol. The molecule has 31 heavy (non-hydrogen) atoms. The van der Waals surface area contributed by atoms with Crippen LogP contribution in [0.2, 0.25) is 0 Å². The summed E-state index contributed by atoms with van der Waals surface area (Å²) in [5.41, 5.74) is 8.24. The minimum atomic E-state index is 0.165. The lowest BCUT2D eigenvalue weighted by Crippen LogP contribution is -2.35. The van der Waals surface area contributed by atoms with Crippen LogP contribution in [0, 0.1) is 11.8 Å². The van der Waals surface area contributed by atoms with Crippen LogP contribution in [-0.2, 0) is 0 Å². The van der Waals surface area contributed by atoms with E-state index in [1.54, 1.807) is 25.3 Å². The van der Waals surface area contributed by atoms with Gasteiger partial charge in [0.05, 0.1) is 11.4 Å². The predicted molar refractivity (Wildman–Crippen MR) is 122 cm³/mol. The summed E-state index contributed by atoms with van der Waals surface area (Å²) < 4.78 is 0. The third-order valence-electron chi connectivity index (χ3n) is 5.45. The van der Waals surface area contributed by atoms with Crippen molar-refractivity contribution in [1.82, 2.24) is 20.2 Å². The first-order valence-electron chi connectivity index (χ1n) is 10.3. The molecule has 158 valence electrons. The van der Waals surface area contributed by atoms with E-state index in [-0.39, 0.29) is 11.8 Å². The van der Waals surface area contributed by atoms with E-state index in [1.807, 2.05) is 24.3 Å². The van der Waals surface area contributed by atoms with Crippen molar-refractivity contribution in [2.45, 2.75) is 26.3 Å². The molecule has 4 rings (SSSR count). The van der Waals surface area contributed by atoms with Crippen molar-refractivity contribution in [2.75, 3.05) is 35.2 Å². The number of aromatic nitrogens is 4. The molecule has 1 fully saturated rings. The molecule has 0 saturated carbocycles. The van der Waals surface area contributed by atoms with E-state index in [2.05, 4.69) is 48.7 Å². The highest BCUT2D eigenvalue weighted by molar-refractivity contribution is 5.74. The van der Waals surface area contributed by atoms with Gasteiger partial charge in [-0.15, -0.1) is 10.2 Å². The maximum atomic E-state index is 10.2. The largest absolute Gasteiger partial charge is 0.507 e. The fraction of sp³-hybridized carbons (Fsp3) is 0.304. The van der Waals surface area contributed by atoms with Gasteiger partial charge in [-0.05, 0) is 50.5 Å². The molecule has 1 aromatic carbocycles. The second-order valence-electron chi connectivity index (χ2n) is 7.45. The zero-order valence-corrected chi connectivity index (χ0v) is 17.7. The summed E-state index contributed by atoms with van der Waals surface area (Å²) in [6, 6.07) is 11.2. The van der Waals surface area contributed by atoms with Crippen LogP contribution in [0.5, 0.6) is 5.75 Å².